The van der Waals surface area contributed by atoms with E-state index in [1.165, 1.54) is 0 Å². The van der Waals surface area contributed by atoms with Crippen molar-refractivity contribution in [2.75, 3.05) is 32.8 Å². The highest BCUT2D eigenvalue weighted by atomic mass is 16.5. The molecule has 0 unspecified atom stereocenters. The molecule has 0 aliphatic carbocycles. The summed E-state index contributed by atoms with van der Waals surface area (Å²) in [6.07, 6.45) is -0.724. The third-order valence-electron chi connectivity index (χ3n) is 4.30. The minimum atomic E-state index is -0.562. The summed E-state index contributed by atoms with van der Waals surface area (Å²) in [5, 5.41) is 17.4. The average Bonchev–Trinajstić information content (AvgIpc) is 3.02. The fourth-order valence-corrected chi connectivity index (χ4v) is 2.93. The van der Waals surface area contributed by atoms with E-state index in [2.05, 4.69) is 26.1 Å². The van der Waals surface area contributed by atoms with Gasteiger partial charge in [0.05, 0.1) is 6.61 Å². The molecular formula is C18H26N4O3. The number of hydrogen-bond acceptors (Lipinski definition) is 6. The zero-order valence-corrected chi connectivity index (χ0v) is 15.0. The summed E-state index contributed by atoms with van der Waals surface area (Å²) >= 11 is 0. The van der Waals surface area contributed by atoms with Gasteiger partial charge in [0.15, 0.2) is 5.82 Å². The van der Waals surface area contributed by atoms with Crippen LogP contribution < -0.4 is 4.74 Å². The maximum atomic E-state index is 10.3. The van der Waals surface area contributed by atoms with E-state index in [1.54, 1.807) is 0 Å². The Labute approximate surface area is 148 Å². The maximum absolute atomic E-state index is 10.3. The molecule has 2 aromatic rings. The first-order chi connectivity index (χ1) is 12.0. The number of hydrogen-bond donors (Lipinski definition) is 2. The van der Waals surface area contributed by atoms with Gasteiger partial charge in [0.1, 0.15) is 30.4 Å². The Bertz CT molecular complexity index is 703. The summed E-state index contributed by atoms with van der Waals surface area (Å²) in [6, 6.07) is 6.08. The van der Waals surface area contributed by atoms with Gasteiger partial charge in [-0.15, -0.1) is 0 Å². The molecule has 2 atom stereocenters. The van der Waals surface area contributed by atoms with Crippen molar-refractivity contribution in [1.29, 1.82) is 0 Å². The number of morpholine rings is 1. The Balaban J connectivity index is 1.50. The first-order valence-corrected chi connectivity index (χ1v) is 8.62. The predicted octanol–water partition coefficient (Wildman–Crippen LogP) is 1.54. The third kappa shape index (κ3) is 4.78. The standard InChI is InChI=1S/C18H26N4O3/c1-12-4-5-13(2)16(8-12)25-11-15(23)9-22-6-7-24-17(10-22)18-19-14(3)20-21-18/h4-5,8,15,17,23H,6-7,9-11H2,1-3H3,(H,19,20,21)/t15-,17-/m1/s1. The van der Waals surface area contributed by atoms with Crippen LogP contribution >= 0.6 is 0 Å². The second-order valence-corrected chi connectivity index (χ2v) is 6.63. The summed E-state index contributed by atoms with van der Waals surface area (Å²) < 4.78 is 11.5. The van der Waals surface area contributed by atoms with E-state index in [-0.39, 0.29) is 12.7 Å². The van der Waals surface area contributed by atoms with Crippen molar-refractivity contribution in [2.24, 2.45) is 0 Å². The second-order valence-electron chi connectivity index (χ2n) is 6.63. The maximum Gasteiger partial charge on any atom is 0.180 e. The zero-order chi connectivity index (χ0) is 17.8. The Kier molecular flexibility index (Phi) is 5.67. The van der Waals surface area contributed by atoms with E-state index >= 15 is 0 Å². The van der Waals surface area contributed by atoms with Gasteiger partial charge in [-0.2, -0.15) is 5.10 Å². The van der Waals surface area contributed by atoms with Crippen molar-refractivity contribution in [3.63, 3.8) is 0 Å². The van der Waals surface area contributed by atoms with Crippen LogP contribution in [0.15, 0.2) is 18.2 Å². The highest BCUT2D eigenvalue weighted by Crippen LogP contribution is 2.21. The van der Waals surface area contributed by atoms with Gasteiger partial charge in [-0.1, -0.05) is 12.1 Å². The second kappa shape index (κ2) is 7.95. The Morgan fingerprint density at radius 3 is 3.00 bits per heavy atom. The molecule has 3 rings (SSSR count). The molecule has 1 saturated heterocycles. The van der Waals surface area contributed by atoms with Crippen LogP contribution in [0.4, 0.5) is 0 Å². The largest absolute Gasteiger partial charge is 0.491 e. The summed E-state index contributed by atoms with van der Waals surface area (Å²) in [5.41, 5.74) is 2.22. The number of ether oxygens (including phenoxy) is 2. The lowest BCUT2D eigenvalue weighted by Gasteiger charge is -2.32. The molecule has 1 aromatic heterocycles. The van der Waals surface area contributed by atoms with Crippen molar-refractivity contribution in [3.8, 4) is 5.75 Å². The first kappa shape index (κ1) is 17.8. The lowest BCUT2D eigenvalue weighted by atomic mass is 10.1. The molecule has 2 heterocycles. The molecule has 0 bridgehead atoms. The van der Waals surface area contributed by atoms with Gasteiger partial charge in [-0.3, -0.25) is 10.00 Å². The Morgan fingerprint density at radius 1 is 1.40 bits per heavy atom. The number of rotatable bonds is 6. The number of aromatic amines is 1. The molecule has 1 aliphatic rings. The molecule has 2 N–H and O–H groups in total. The van der Waals surface area contributed by atoms with Crippen LogP contribution in [-0.2, 0) is 4.74 Å². The molecule has 0 spiro atoms. The molecule has 136 valence electrons. The smallest absolute Gasteiger partial charge is 0.180 e. The van der Waals surface area contributed by atoms with E-state index in [0.717, 1.165) is 29.2 Å². The van der Waals surface area contributed by atoms with E-state index in [0.29, 0.717) is 25.5 Å². The summed E-state index contributed by atoms with van der Waals surface area (Å²) in [6.45, 7) is 8.75. The minimum Gasteiger partial charge on any atom is -0.491 e. The highest BCUT2D eigenvalue weighted by Gasteiger charge is 2.26. The van der Waals surface area contributed by atoms with Gasteiger partial charge in [-0.25, -0.2) is 4.98 Å². The minimum absolute atomic E-state index is 0.161. The normalized spacial score (nSPS) is 19.8. The molecular weight excluding hydrogens is 320 g/mol. The lowest BCUT2D eigenvalue weighted by molar-refractivity contribution is -0.0494. The molecule has 25 heavy (non-hydrogen) atoms. The topological polar surface area (TPSA) is 83.5 Å². The SMILES string of the molecule is Cc1ccc(C)c(OC[C@H](O)CN2CCO[C@@H](c3n[nH]c(C)n3)C2)c1. The molecule has 0 saturated carbocycles. The zero-order valence-electron chi connectivity index (χ0n) is 15.0. The number of aliphatic hydroxyl groups excluding tert-OH is 1. The van der Waals surface area contributed by atoms with Crippen LogP contribution in [0.1, 0.15) is 28.9 Å². The number of H-pyrrole nitrogens is 1. The predicted molar refractivity (Wildman–Crippen MR) is 93.7 cm³/mol. The van der Waals surface area contributed by atoms with Crippen molar-refractivity contribution in [3.05, 3.63) is 41.0 Å². The molecule has 1 fully saturated rings. The number of aliphatic hydroxyl groups is 1. The number of β-amino-alcohol motifs (C(OH)–C–C–N with tert-alkyl or cyclic N) is 1. The van der Waals surface area contributed by atoms with Gasteiger partial charge in [-0.05, 0) is 38.0 Å². The van der Waals surface area contributed by atoms with E-state index < -0.39 is 6.10 Å². The molecule has 7 heteroatoms. The van der Waals surface area contributed by atoms with E-state index in [4.69, 9.17) is 9.47 Å². The van der Waals surface area contributed by atoms with Crippen LogP contribution in [0, 0.1) is 20.8 Å². The van der Waals surface area contributed by atoms with Crippen LogP contribution in [0.25, 0.3) is 0 Å². The number of nitrogens with zero attached hydrogens (tertiary/aromatic N) is 3. The van der Waals surface area contributed by atoms with Gasteiger partial charge >= 0.3 is 0 Å². The van der Waals surface area contributed by atoms with Crippen LogP contribution in [0.2, 0.25) is 0 Å². The molecule has 0 radical (unpaired) electrons. The van der Waals surface area contributed by atoms with Crippen molar-refractivity contribution >= 4 is 0 Å². The quantitative estimate of drug-likeness (QED) is 0.826. The number of benzene rings is 1. The monoisotopic (exact) mass is 346 g/mol. The Morgan fingerprint density at radius 2 is 2.24 bits per heavy atom. The van der Waals surface area contributed by atoms with Crippen LogP contribution in [0.3, 0.4) is 0 Å². The van der Waals surface area contributed by atoms with Crippen molar-refractivity contribution < 1.29 is 14.6 Å². The van der Waals surface area contributed by atoms with Crippen molar-refractivity contribution in [1.82, 2.24) is 20.1 Å². The number of nitrogens with one attached hydrogen (secondary N) is 1. The third-order valence-corrected chi connectivity index (χ3v) is 4.30. The molecule has 1 aromatic carbocycles. The first-order valence-electron chi connectivity index (χ1n) is 8.62. The fourth-order valence-electron chi connectivity index (χ4n) is 2.93. The van der Waals surface area contributed by atoms with Gasteiger partial charge in [0.25, 0.3) is 0 Å². The summed E-state index contributed by atoms with van der Waals surface area (Å²) in [7, 11) is 0. The number of aromatic nitrogens is 3. The lowest BCUT2D eigenvalue weighted by Crippen LogP contribution is -2.44. The van der Waals surface area contributed by atoms with Gasteiger partial charge < -0.3 is 14.6 Å². The number of aryl methyl sites for hydroxylation is 3. The average molecular weight is 346 g/mol. The summed E-state index contributed by atoms with van der Waals surface area (Å²) in [4.78, 5) is 6.50. The van der Waals surface area contributed by atoms with Crippen LogP contribution in [-0.4, -0.2) is 64.1 Å². The molecule has 1 aliphatic heterocycles. The van der Waals surface area contributed by atoms with Gasteiger partial charge in [0, 0.05) is 19.6 Å². The fraction of sp³-hybridized carbons (Fsp3) is 0.556. The van der Waals surface area contributed by atoms with E-state index in [1.807, 2.05) is 32.9 Å². The van der Waals surface area contributed by atoms with E-state index in [9.17, 15) is 5.11 Å². The molecule has 7 nitrogen and oxygen atoms in total. The highest BCUT2D eigenvalue weighted by molar-refractivity contribution is 5.35. The molecule has 0 amide bonds. The van der Waals surface area contributed by atoms with Gasteiger partial charge in [0.2, 0.25) is 0 Å². The summed E-state index contributed by atoms with van der Waals surface area (Å²) in [5.74, 6) is 2.27. The van der Waals surface area contributed by atoms with Crippen LogP contribution in [0.5, 0.6) is 5.75 Å². The Hall–Kier alpha value is -1.96. The van der Waals surface area contributed by atoms with Crippen molar-refractivity contribution in [2.45, 2.75) is 33.0 Å².